The maximum absolute atomic E-state index is 3.73. The van der Waals surface area contributed by atoms with Crippen molar-refractivity contribution in [3.8, 4) is 0 Å². The Hall–Kier alpha value is -3.33. The van der Waals surface area contributed by atoms with Gasteiger partial charge in [0.25, 0.3) is 0 Å². The molecule has 0 fully saturated rings. The molecule has 9 rings (SSSR count). The summed E-state index contributed by atoms with van der Waals surface area (Å²) in [7, 11) is -3.13. The molecule has 0 saturated heterocycles. The largest absolute Gasteiger partial charge is 0.101 e. The van der Waals surface area contributed by atoms with Gasteiger partial charge in [0.2, 0.25) is 0 Å². The standard InChI is InChI=1S/2C26H24P2.C10H15Ge.BrH.Mo/c2*1-5-13-23(14-6-1)27(24-15-7-2-8-16-24)21-22-28(25-17-9-3-10-18-25)26-19-11-4-12-20-26;1-6-7(2)9(4)10(5,11)8(6)3;;/h2*1-20H,21-22H2;1-5H3;1H;/q;;;;+1/p+3. The summed E-state index contributed by atoms with van der Waals surface area (Å²) in [5.74, 6) is 0. The van der Waals surface area contributed by atoms with E-state index in [2.05, 4.69) is 291 Å². The molecule has 7 heteroatoms. The fraction of sp³-hybridized carbons (Fsp3) is 0.161. The molecule has 0 unspecified atom stereocenters. The molecule has 0 atom stereocenters. The summed E-state index contributed by atoms with van der Waals surface area (Å²) in [5.41, 5.74) is 6.40. The average Bonchev–Trinajstić information content (AvgIpc) is 3.56. The Morgan fingerprint density at radius 2 is 0.478 bits per heavy atom. The van der Waals surface area contributed by atoms with Crippen LogP contribution in [0.1, 0.15) is 34.6 Å². The predicted molar refractivity (Wildman–Crippen MR) is 321 cm³/mol. The van der Waals surface area contributed by atoms with Gasteiger partial charge in [-0.25, -0.2) is 0 Å². The summed E-state index contributed by atoms with van der Waals surface area (Å²) in [4.78, 5) is 0. The van der Waals surface area contributed by atoms with Crippen molar-refractivity contribution in [1.82, 2.24) is 0 Å². The van der Waals surface area contributed by atoms with Crippen LogP contribution >= 0.6 is 45.0 Å². The predicted octanol–water partition coefficient (Wildman–Crippen LogP) is 13.3. The van der Waals surface area contributed by atoms with Crippen LogP contribution < -0.4 is 42.4 Å². The van der Waals surface area contributed by atoms with Gasteiger partial charge >= 0.3 is 99.8 Å². The van der Waals surface area contributed by atoms with Gasteiger partial charge in [-0.1, -0.05) is 146 Å². The first-order valence-corrected chi connectivity index (χ1v) is 42.6. The van der Waals surface area contributed by atoms with Crippen molar-refractivity contribution in [3.63, 3.8) is 0 Å². The second-order valence-corrected chi connectivity index (χ2v) is 45.5. The summed E-state index contributed by atoms with van der Waals surface area (Å²) < 4.78 is 0.500. The molecular weight excluding hydrogens is 1120 g/mol. The molecular formula is C62H67BrGeMoP4+4. The molecule has 0 aliphatic heterocycles. The van der Waals surface area contributed by atoms with E-state index in [-0.39, 0.29) is 25.4 Å². The zero-order chi connectivity index (χ0) is 48.3. The van der Waals surface area contributed by atoms with Gasteiger partial charge in [-0.3, -0.25) is 0 Å². The summed E-state index contributed by atoms with van der Waals surface area (Å²) >= 11 is 4.09. The van der Waals surface area contributed by atoms with Gasteiger partial charge in [0.05, 0.1) is 74.1 Å². The van der Waals surface area contributed by atoms with Crippen LogP contribution in [0, 0.1) is 0 Å². The van der Waals surface area contributed by atoms with E-state index in [9.17, 15) is 0 Å². The Bertz CT molecular complexity index is 2380. The number of hydrogen-bond acceptors (Lipinski definition) is 0. The number of rotatable bonds is 14. The molecule has 0 nitrogen and oxygen atoms in total. The minimum atomic E-state index is -0.783. The van der Waals surface area contributed by atoms with Crippen LogP contribution in [0.2, 0.25) is 4.25 Å². The molecule has 8 aromatic carbocycles. The van der Waals surface area contributed by atoms with Crippen LogP contribution in [0.15, 0.2) is 265 Å². The van der Waals surface area contributed by atoms with E-state index in [1.165, 1.54) is 67.1 Å². The molecule has 0 aromatic heterocycles. The van der Waals surface area contributed by atoms with Gasteiger partial charge in [-0.15, -0.1) is 0 Å². The molecule has 1 aliphatic rings. The molecule has 0 radical (unpaired) electrons. The first-order chi connectivity index (χ1) is 33.8. The fourth-order valence-electron chi connectivity index (χ4n) is 9.26. The Balaban J connectivity index is 0.000000164. The van der Waals surface area contributed by atoms with E-state index in [4.69, 9.17) is 0 Å². The van der Waals surface area contributed by atoms with E-state index in [0.29, 0.717) is 4.25 Å². The summed E-state index contributed by atoms with van der Waals surface area (Å²) in [6.45, 7) is 11.7. The maximum atomic E-state index is 3.73. The van der Waals surface area contributed by atoms with Gasteiger partial charge in [-0.2, -0.15) is 0 Å². The van der Waals surface area contributed by atoms with Gasteiger partial charge in [0.1, 0.15) is 24.6 Å². The zero-order valence-corrected chi connectivity index (χ0v) is 50.4. The smallest absolute Gasteiger partial charge is 0.0620 e. The van der Waals surface area contributed by atoms with E-state index in [1.807, 2.05) is 0 Å². The molecule has 69 heavy (non-hydrogen) atoms. The molecule has 0 heterocycles. The van der Waals surface area contributed by atoms with Crippen molar-refractivity contribution in [1.29, 1.82) is 0 Å². The van der Waals surface area contributed by atoms with E-state index in [1.54, 1.807) is 22.3 Å². The molecule has 348 valence electrons. The topological polar surface area (TPSA) is 0 Å². The van der Waals surface area contributed by atoms with Crippen LogP contribution in [0.4, 0.5) is 0 Å². The van der Waals surface area contributed by atoms with Gasteiger partial charge in [-0.05, 0) is 97.1 Å². The third-order valence-electron chi connectivity index (χ3n) is 13.7. The Morgan fingerprint density at radius 3 is 0.623 bits per heavy atom. The molecule has 0 saturated carbocycles. The van der Waals surface area contributed by atoms with Gasteiger partial charge in [0, 0.05) is 0 Å². The Kier molecular flexibility index (Phi) is 21.7. The second-order valence-electron chi connectivity index (χ2n) is 17.6. The van der Waals surface area contributed by atoms with E-state index >= 15 is 0 Å². The van der Waals surface area contributed by atoms with Gasteiger partial charge in [0.15, 0.2) is 0 Å². The van der Waals surface area contributed by atoms with Crippen LogP contribution in [0.5, 0.6) is 0 Å². The van der Waals surface area contributed by atoms with Gasteiger partial charge < -0.3 is 0 Å². The van der Waals surface area contributed by atoms with E-state index < -0.39 is 31.7 Å². The molecule has 8 aromatic rings. The van der Waals surface area contributed by atoms with E-state index in [0.717, 1.165) is 0 Å². The summed E-state index contributed by atoms with van der Waals surface area (Å²) in [6, 6.07) is 89.0. The van der Waals surface area contributed by atoms with Crippen molar-refractivity contribution >= 4 is 99.3 Å². The molecule has 0 N–H and O–H groups in total. The van der Waals surface area contributed by atoms with Crippen molar-refractivity contribution in [2.75, 3.05) is 24.6 Å². The van der Waals surface area contributed by atoms with Crippen LogP contribution in [-0.4, -0.2) is 36.6 Å². The third-order valence-corrected chi connectivity index (χ3v) is 39.7. The SMILES string of the molecule is CC1=C(C)[C](C)([Ge]#[Mo][Br])C(C)=C1C.c1ccc([PH+](CC[PH+](c2ccccc2)c2ccccc2)c2ccccc2)cc1.c1ccc([PH+](CC[PH+](c2ccccc2)c2ccccc2)c2ccccc2)cc1. The van der Waals surface area contributed by atoms with Crippen LogP contribution in [0.3, 0.4) is 0 Å². The van der Waals surface area contributed by atoms with Crippen molar-refractivity contribution in [2.24, 2.45) is 0 Å². The Labute approximate surface area is 437 Å². The van der Waals surface area contributed by atoms with Crippen LogP contribution in [0.25, 0.3) is 0 Å². The summed E-state index contributed by atoms with van der Waals surface area (Å²) in [6.07, 6.45) is 5.04. The Morgan fingerprint density at radius 1 is 0.319 bits per heavy atom. The molecule has 0 amide bonds. The first-order valence-electron chi connectivity index (χ1n) is 24.1. The second kappa shape index (κ2) is 28.1. The quantitative estimate of drug-likeness (QED) is 0.0752. The molecule has 0 spiro atoms. The normalized spacial score (nSPS) is 12.9. The minimum Gasteiger partial charge on any atom is -0.0620 e. The van der Waals surface area contributed by atoms with Crippen molar-refractivity contribution < 1.29 is 13.5 Å². The number of benzene rings is 8. The first kappa shape index (κ1) is 53.5. The monoisotopic (exact) mass is 1190 g/mol. The number of hydrogen-bond donors (Lipinski definition) is 0. The third kappa shape index (κ3) is 14.9. The van der Waals surface area contributed by atoms with Crippen LogP contribution in [-0.2, 0) is 13.5 Å². The molecule has 0 bridgehead atoms. The zero-order valence-electron chi connectivity index (χ0n) is 40.7. The van der Waals surface area contributed by atoms with Crippen molar-refractivity contribution in [3.05, 3.63) is 265 Å². The average molecular weight is 1180 g/mol. The fourth-order valence-corrected chi connectivity index (χ4v) is 39.2. The number of allylic oxidation sites excluding steroid dienone is 4. The minimum absolute atomic E-state index is 0.160. The van der Waals surface area contributed by atoms with Crippen molar-refractivity contribution in [2.45, 2.75) is 38.9 Å². The number of halogens is 1. The molecule has 1 aliphatic carbocycles. The maximum Gasteiger partial charge on any atom is 0.101 e. The summed E-state index contributed by atoms with van der Waals surface area (Å²) in [5, 5.41) is 12.1.